The standard InChI is InChI=1S/C14H24N2S/c1-2-12-7-8-14(17-12)13(10-15)16-9-3-4-11-5-6-11/h7-8,11,13,16H,2-6,9-10,15H2,1H3. The maximum atomic E-state index is 5.85. The third-order valence-electron chi connectivity index (χ3n) is 3.49. The molecule has 2 nitrogen and oxygen atoms in total. The van der Waals surface area contributed by atoms with Gasteiger partial charge in [-0.25, -0.2) is 0 Å². The Balaban J connectivity index is 1.74. The van der Waals surface area contributed by atoms with Crippen LogP contribution >= 0.6 is 11.3 Å². The second-order valence-electron chi connectivity index (χ2n) is 4.99. The van der Waals surface area contributed by atoms with Crippen LogP contribution in [0, 0.1) is 5.92 Å². The predicted molar refractivity (Wildman–Crippen MR) is 75.5 cm³/mol. The van der Waals surface area contributed by atoms with Gasteiger partial charge < -0.3 is 11.1 Å². The topological polar surface area (TPSA) is 38.0 Å². The molecular weight excluding hydrogens is 228 g/mol. The van der Waals surface area contributed by atoms with Gasteiger partial charge in [0.1, 0.15) is 0 Å². The summed E-state index contributed by atoms with van der Waals surface area (Å²) in [5, 5.41) is 3.59. The minimum absolute atomic E-state index is 0.361. The van der Waals surface area contributed by atoms with Gasteiger partial charge in [0.2, 0.25) is 0 Å². The van der Waals surface area contributed by atoms with E-state index in [2.05, 4.69) is 24.4 Å². The molecule has 0 aromatic carbocycles. The molecule has 0 spiro atoms. The Morgan fingerprint density at radius 3 is 2.88 bits per heavy atom. The number of nitrogens with one attached hydrogen (secondary N) is 1. The summed E-state index contributed by atoms with van der Waals surface area (Å²) in [6.45, 7) is 4.01. The molecule has 1 atom stereocenters. The second kappa shape index (κ2) is 6.53. The van der Waals surface area contributed by atoms with Gasteiger partial charge in [0.05, 0.1) is 6.04 Å². The van der Waals surface area contributed by atoms with E-state index in [0.717, 1.165) is 18.9 Å². The Morgan fingerprint density at radius 1 is 1.47 bits per heavy atom. The number of rotatable bonds is 8. The van der Waals surface area contributed by atoms with E-state index in [0.29, 0.717) is 12.6 Å². The smallest absolute Gasteiger partial charge is 0.0539 e. The van der Waals surface area contributed by atoms with Gasteiger partial charge in [-0.3, -0.25) is 0 Å². The molecule has 96 valence electrons. The van der Waals surface area contributed by atoms with Crippen LogP contribution in [0.3, 0.4) is 0 Å². The second-order valence-corrected chi connectivity index (χ2v) is 6.19. The third-order valence-corrected chi connectivity index (χ3v) is 4.83. The molecule has 0 saturated heterocycles. The SMILES string of the molecule is CCc1ccc(C(CN)NCCCC2CC2)s1. The van der Waals surface area contributed by atoms with Crippen LogP contribution in [0.25, 0.3) is 0 Å². The van der Waals surface area contributed by atoms with Crippen molar-refractivity contribution < 1.29 is 0 Å². The summed E-state index contributed by atoms with van der Waals surface area (Å²) in [6.07, 6.45) is 6.75. The van der Waals surface area contributed by atoms with Crippen molar-refractivity contribution in [1.29, 1.82) is 0 Å². The van der Waals surface area contributed by atoms with Crippen molar-refractivity contribution in [3.63, 3.8) is 0 Å². The van der Waals surface area contributed by atoms with Crippen LogP contribution in [0.2, 0.25) is 0 Å². The molecule has 2 rings (SSSR count). The molecule has 0 radical (unpaired) electrons. The maximum absolute atomic E-state index is 5.85. The molecule has 1 aromatic rings. The fourth-order valence-corrected chi connectivity index (χ4v) is 3.19. The third kappa shape index (κ3) is 4.09. The van der Waals surface area contributed by atoms with Crippen molar-refractivity contribution in [3.8, 4) is 0 Å². The van der Waals surface area contributed by atoms with Crippen molar-refractivity contribution in [2.24, 2.45) is 11.7 Å². The highest BCUT2D eigenvalue weighted by atomic mass is 32.1. The van der Waals surface area contributed by atoms with Crippen LogP contribution in [0.15, 0.2) is 12.1 Å². The first-order chi connectivity index (χ1) is 8.33. The van der Waals surface area contributed by atoms with Gasteiger partial charge in [-0.05, 0) is 43.9 Å². The van der Waals surface area contributed by atoms with Crippen LogP contribution in [0.4, 0.5) is 0 Å². The van der Waals surface area contributed by atoms with Gasteiger partial charge in [-0.1, -0.05) is 19.8 Å². The van der Waals surface area contributed by atoms with E-state index in [1.165, 1.54) is 35.4 Å². The highest BCUT2D eigenvalue weighted by Crippen LogP contribution is 2.33. The summed E-state index contributed by atoms with van der Waals surface area (Å²) in [6, 6.07) is 4.82. The van der Waals surface area contributed by atoms with Gasteiger partial charge >= 0.3 is 0 Å². The minimum Gasteiger partial charge on any atom is -0.329 e. The Hall–Kier alpha value is -0.380. The molecule has 1 saturated carbocycles. The zero-order chi connectivity index (χ0) is 12.1. The van der Waals surface area contributed by atoms with E-state index < -0.39 is 0 Å². The summed E-state index contributed by atoms with van der Waals surface area (Å²) >= 11 is 1.90. The van der Waals surface area contributed by atoms with E-state index in [-0.39, 0.29) is 0 Å². The van der Waals surface area contributed by atoms with Crippen molar-refractivity contribution in [2.45, 2.75) is 45.1 Å². The lowest BCUT2D eigenvalue weighted by molar-refractivity contribution is 0.517. The van der Waals surface area contributed by atoms with Crippen LogP contribution < -0.4 is 11.1 Å². The molecule has 3 heteroatoms. The quantitative estimate of drug-likeness (QED) is 0.698. The van der Waals surface area contributed by atoms with Crippen molar-refractivity contribution in [2.75, 3.05) is 13.1 Å². The molecule has 1 aliphatic rings. The number of hydrogen-bond donors (Lipinski definition) is 2. The first-order valence-corrected chi connectivity index (χ1v) is 7.67. The predicted octanol–water partition coefficient (Wildman–Crippen LogP) is 3.09. The minimum atomic E-state index is 0.361. The van der Waals surface area contributed by atoms with E-state index in [9.17, 15) is 0 Å². The van der Waals surface area contributed by atoms with Gasteiger partial charge in [-0.2, -0.15) is 0 Å². The summed E-state index contributed by atoms with van der Waals surface area (Å²) in [5.74, 6) is 1.04. The maximum Gasteiger partial charge on any atom is 0.0539 e. The number of thiophene rings is 1. The molecule has 17 heavy (non-hydrogen) atoms. The summed E-state index contributed by atoms with van der Waals surface area (Å²) in [4.78, 5) is 2.86. The summed E-state index contributed by atoms with van der Waals surface area (Å²) in [5.41, 5.74) is 5.85. The van der Waals surface area contributed by atoms with E-state index >= 15 is 0 Å². The van der Waals surface area contributed by atoms with Gasteiger partial charge in [0.25, 0.3) is 0 Å². The van der Waals surface area contributed by atoms with Gasteiger partial charge in [0, 0.05) is 16.3 Å². The van der Waals surface area contributed by atoms with Crippen LogP contribution in [-0.2, 0) is 6.42 Å². The number of aryl methyl sites for hydroxylation is 1. The largest absolute Gasteiger partial charge is 0.329 e. The molecule has 0 amide bonds. The number of hydrogen-bond acceptors (Lipinski definition) is 3. The normalized spacial score (nSPS) is 17.3. The zero-order valence-corrected chi connectivity index (χ0v) is 11.6. The molecule has 1 heterocycles. The summed E-state index contributed by atoms with van der Waals surface area (Å²) in [7, 11) is 0. The van der Waals surface area contributed by atoms with Gasteiger partial charge in [-0.15, -0.1) is 11.3 Å². The van der Waals surface area contributed by atoms with Crippen LogP contribution in [0.1, 0.15) is 48.4 Å². The van der Waals surface area contributed by atoms with E-state index in [1.54, 1.807) is 0 Å². The van der Waals surface area contributed by atoms with Crippen LogP contribution in [0.5, 0.6) is 0 Å². The number of nitrogens with two attached hydrogens (primary N) is 1. The average molecular weight is 252 g/mol. The van der Waals surface area contributed by atoms with E-state index in [4.69, 9.17) is 5.73 Å². The Bertz CT molecular complexity index is 331. The fraction of sp³-hybridized carbons (Fsp3) is 0.714. The molecule has 0 aliphatic heterocycles. The lowest BCUT2D eigenvalue weighted by Crippen LogP contribution is -2.28. The average Bonchev–Trinajstić information content (AvgIpc) is 3.05. The molecule has 1 unspecified atom stereocenters. The lowest BCUT2D eigenvalue weighted by Gasteiger charge is -2.15. The van der Waals surface area contributed by atoms with Crippen molar-refractivity contribution >= 4 is 11.3 Å². The molecule has 1 fully saturated rings. The van der Waals surface area contributed by atoms with Crippen molar-refractivity contribution in [1.82, 2.24) is 5.32 Å². The van der Waals surface area contributed by atoms with Gasteiger partial charge in [0.15, 0.2) is 0 Å². The molecule has 1 aliphatic carbocycles. The van der Waals surface area contributed by atoms with Crippen LogP contribution in [-0.4, -0.2) is 13.1 Å². The zero-order valence-electron chi connectivity index (χ0n) is 10.7. The van der Waals surface area contributed by atoms with Crippen molar-refractivity contribution in [3.05, 3.63) is 21.9 Å². The Morgan fingerprint density at radius 2 is 2.29 bits per heavy atom. The first-order valence-electron chi connectivity index (χ1n) is 6.85. The summed E-state index contributed by atoms with van der Waals surface area (Å²) < 4.78 is 0. The fourth-order valence-electron chi connectivity index (χ4n) is 2.15. The molecule has 0 bridgehead atoms. The molecule has 1 aromatic heterocycles. The highest BCUT2D eigenvalue weighted by molar-refractivity contribution is 7.12. The van der Waals surface area contributed by atoms with E-state index in [1.807, 2.05) is 11.3 Å². The monoisotopic (exact) mass is 252 g/mol. The first kappa shape index (κ1) is 13.1. The lowest BCUT2D eigenvalue weighted by atomic mass is 10.2. The Kier molecular flexibility index (Phi) is 5.01. The highest BCUT2D eigenvalue weighted by Gasteiger charge is 2.20. The molecular formula is C14H24N2S. The molecule has 3 N–H and O–H groups in total. The Labute approximate surface area is 109 Å².